The Labute approximate surface area is 146 Å². The Bertz CT molecular complexity index is 955. The molecule has 0 amide bonds. The van der Waals surface area contributed by atoms with Crippen molar-refractivity contribution in [1.82, 2.24) is 10.2 Å². The van der Waals surface area contributed by atoms with Gasteiger partial charge in [0, 0.05) is 17.7 Å². The van der Waals surface area contributed by atoms with Crippen molar-refractivity contribution in [3.63, 3.8) is 0 Å². The van der Waals surface area contributed by atoms with Gasteiger partial charge in [0.2, 0.25) is 5.89 Å². The van der Waals surface area contributed by atoms with Gasteiger partial charge in [-0.15, -0.1) is 10.2 Å². The predicted octanol–water partition coefficient (Wildman–Crippen LogP) is 3.70. The van der Waals surface area contributed by atoms with Crippen molar-refractivity contribution in [2.75, 3.05) is 0 Å². The molecule has 0 fully saturated rings. The number of carbonyl (C=O) groups is 1. The molecule has 0 N–H and O–H groups in total. The molecule has 0 aliphatic heterocycles. The van der Waals surface area contributed by atoms with Gasteiger partial charge in [-0.3, -0.25) is 10.1 Å². The summed E-state index contributed by atoms with van der Waals surface area (Å²) in [6, 6.07) is 10.7. The Morgan fingerprint density at radius 2 is 1.96 bits per heavy atom. The molecule has 0 bridgehead atoms. The van der Waals surface area contributed by atoms with Crippen LogP contribution in [0.4, 0.5) is 10.1 Å². The summed E-state index contributed by atoms with van der Waals surface area (Å²) in [7, 11) is 0. The summed E-state index contributed by atoms with van der Waals surface area (Å²) in [5, 5.41) is 18.3. The molecule has 2 aromatic carbocycles. The van der Waals surface area contributed by atoms with Crippen LogP contribution in [0.2, 0.25) is 0 Å². The van der Waals surface area contributed by atoms with Gasteiger partial charge < -0.3 is 9.15 Å². The summed E-state index contributed by atoms with van der Waals surface area (Å²) in [4.78, 5) is 22.2. The van der Waals surface area contributed by atoms with Gasteiger partial charge in [-0.05, 0) is 37.3 Å². The monoisotopic (exact) mass is 357 g/mol. The smallest absolute Gasteiger partial charge is 0.339 e. The van der Waals surface area contributed by atoms with Crippen molar-refractivity contribution in [3.8, 4) is 11.5 Å². The third-order valence-corrected chi connectivity index (χ3v) is 3.46. The number of hydrogen-bond acceptors (Lipinski definition) is 7. The fourth-order valence-electron chi connectivity index (χ4n) is 2.14. The number of halogens is 1. The molecule has 0 saturated carbocycles. The number of non-ortho nitro benzene ring substituents is 1. The molecule has 1 atom stereocenters. The van der Waals surface area contributed by atoms with E-state index in [1.165, 1.54) is 49.4 Å². The maximum atomic E-state index is 13.2. The second-order valence-electron chi connectivity index (χ2n) is 5.31. The first kappa shape index (κ1) is 17.2. The molecule has 132 valence electrons. The molecule has 0 unspecified atom stereocenters. The molecule has 1 aromatic heterocycles. The Kier molecular flexibility index (Phi) is 4.70. The summed E-state index contributed by atoms with van der Waals surface area (Å²) in [6.45, 7) is 1.53. The number of hydrogen-bond donors (Lipinski definition) is 0. The maximum Gasteiger partial charge on any atom is 0.339 e. The second kappa shape index (κ2) is 7.09. The van der Waals surface area contributed by atoms with Crippen LogP contribution in [0.3, 0.4) is 0 Å². The number of rotatable bonds is 5. The molecule has 1 heterocycles. The standard InChI is InChI=1S/C17H12FN3O5/c1-10(25-17(22)12-3-2-4-13(18)9-12)15-19-20-16(26-15)11-5-7-14(8-6-11)21(23)24/h2-10H,1H3/t10-/m1/s1. The van der Waals surface area contributed by atoms with E-state index in [1.54, 1.807) is 0 Å². The van der Waals surface area contributed by atoms with Crippen molar-refractivity contribution < 1.29 is 23.3 Å². The number of carbonyl (C=O) groups excluding carboxylic acids is 1. The topological polar surface area (TPSA) is 108 Å². The molecule has 0 radical (unpaired) electrons. The SMILES string of the molecule is C[C@@H](OC(=O)c1cccc(F)c1)c1nnc(-c2ccc([N+](=O)[O-])cc2)o1. The third-order valence-electron chi connectivity index (χ3n) is 3.46. The molecule has 26 heavy (non-hydrogen) atoms. The number of nitro groups is 1. The van der Waals surface area contributed by atoms with Gasteiger partial charge in [0.15, 0.2) is 6.10 Å². The van der Waals surface area contributed by atoms with E-state index in [2.05, 4.69) is 10.2 Å². The van der Waals surface area contributed by atoms with Gasteiger partial charge in [0.1, 0.15) is 5.82 Å². The minimum atomic E-state index is -0.856. The molecule has 3 rings (SSSR count). The van der Waals surface area contributed by atoms with Crippen LogP contribution in [0.5, 0.6) is 0 Å². The highest BCUT2D eigenvalue weighted by Gasteiger charge is 2.20. The highest BCUT2D eigenvalue weighted by Crippen LogP contribution is 2.24. The fourth-order valence-corrected chi connectivity index (χ4v) is 2.14. The third kappa shape index (κ3) is 3.72. The Hall–Kier alpha value is -3.62. The van der Waals surface area contributed by atoms with E-state index in [0.717, 1.165) is 6.07 Å². The zero-order chi connectivity index (χ0) is 18.7. The van der Waals surface area contributed by atoms with Crippen LogP contribution in [-0.2, 0) is 4.74 Å². The van der Waals surface area contributed by atoms with Crippen molar-refractivity contribution >= 4 is 11.7 Å². The normalized spacial score (nSPS) is 11.8. The predicted molar refractivity (Wildman–Crippen MR) is 86.6 cm³/mol. The average molecular weight is 357 g/mol. The largest absolute Gasteiger partial charge is 0.449 e. The van der Waals surface area contributed by atoms with Crippen LogP contribution >= 0.6 is 0 Å². The maximum absolute atomic E-state index is 13.2. The number of ether oxygens (including phenoxy) is 1. The van der Waals surface area contributed by atoms with Gasteiger partial charge in [0.25, 0.3) is 11.6 Å². The van der Waals surface area contributed by atoms with Crippen molar-refractivity contribution in [3.05, 3.63) is 75.9 Å². The Morgan fingerprint density at radius 3 is 2.62 bits per heavy atom. The quantitative estimate of drug-likeness (QED) is 0.389. The van der Waals surface area contributed by atoms with Gasteiger partial charge >= 0.3 is 5.97 Å². The molecule has 9 heteroatoms. The highest BCUT2D eigenvalue weighted by atomic mass is 19.1. The van der Waals surface area contributed by atoms with E-state index in [9.17, 15) is 19.3 Å². The van der Waals surface area contributed by atoms with Crippen LogP contribution in [-0.4, -0.2) is 21.1 Å². The lowest BCUT2D eigenvalue weighted by Crippen LogP contribution is -2.09. The van der Waals surface area contributed by atoms with Crippen LogP contribution in [0, 0.1) is 15.9 Å². The fraction of sp³-hybridized carbons (Fsp3) is 0.118. The van der Waals surface area contributed by atoms with Crippen molar-refractivity contribution in [2.24, 2.45) is 0 Å². The average Bonchev–Trinajstić information content (AvgIpc) is 3.12. The lowest BCUT2D eigenvalue weighted by atomic mass is 10.2. The summed E-state index contributed by atoms with van der Waals surface area (Å²) in [5.41, 5.74) is 0.482. The second-order valence-corrected chi connectivity index (χ2v) is 5.31. The van der Waals surface area contributed by atoms with Gasteiger partial charge in [-0.1, -0.05) is 6.07 Å². The van der Waals surface area contributed by atoms with E-state index in [-0.39, 0.29) is 23.0 Å². The highest BCUT2D eigenvalue weighted by molar-refractivity contribution is 5.89. The molecule has 0 aliphatic rings. The van der Waals surface area contributed by atoms with E-state index < -0.39 is 22.8 Å². The van der Waals surface area contributed by atoms with Gasteiger partial charge in [-0.25, -0.2) is 9.18 Å². The van der Waals surface area contributed by atoms with E-state index in [1.807, 2.05) is 0 Å². The lowest BCUT2D eigenvalue weighted by molar-refractivity contribution is -0.384. The molecule has 0 spiro atoms. The summed E-state index contributed by atoms with van der Waals surface area (Å²) < 4.78 is 23.8. The zero-order valence-electron chi connectivity index (χ0n) is 13.5. The van der Waals surface area contributed by atoms with Crippen molar-refractivity contribution in [1.29, 1.82) is 0 Å². The van der Waals surface area contributed by atoms with Gasteiger partial charge in [0.05, 0.1) is 10.5 Å². The molecular formula is C17H12FN3O5. The van der Waals surface area contributed by atoms with Crippen LogP contribution in [0.1, 0.15) is 29.3 Å². The number of nitrogens with zero attached hydrogens (tertiary/aromatic N) is 3. The molecular weight excluding hydrogens is 345 g/mol. The summed E-state index contributed by atoms with van der Waals surface area (Å²) >= 11 is 0. The lowest BCUT2D eigenvalue weighted by Gasteiger charge is -2.09. The molecule has 0 aliphatic carbocycles. The minimum Gasteiger partial charge on any atom is -0.449 e. The molecule has 3 aromatic rings. The van der Waals surface area contributed by atoms with E-state index in [0.29, 0.717) is 5.56 Å². The number of esters is 1. The van der Waals surface area contributed by atoms with E-state index >= 15 is 0 Å². The first-order valence-electron chi connectivity index (χ1n) is 7.49. The van der Waals surface area contributed by atoms with Gasteiger partial charge in [-0.2, -0.15) is 0 Å². The van der Waals surface area contributed by atoms with Crippen LogP contribution in [0.15, 0.2) is 52.9 Å². The number of benzene rings is 2. The van der Waals surface area contributed by atoms with Crippen molar-refractivity contribution in [2.45, 2.75) is 13.0 Å². The number of aromatic nitrogens is 2. The Balaban J connectivity index is 1.72. The zero-order valence-corrected chi connectivity index (χ0v) is 13.5. The molecule has 8 nitrogen and oxygen atoms in total. The first-order valence-corrected chi connectivity index (χ1v) is 7.49. The van der Waals surface area contributed by atoms with E-state index in [4.69, 9.17) is 9.15 Å². The Morgan fingerprint density at radius 1 is 1.23 bits per heavy atom. The minimum absolute atomic E-state index is 0.0445. The number of nitro benzene ring substituents is 1. The first-order chi connectivity index (χ1) is 12.4. The molecule has 0 saturated heterocycles. The van der Waals surface area contributed by atoms with Crippen LogP contribution < -0.4 is 0 Å². The summed E-state index contributed by atoms with van der Waals surface area (Å²) in [6.07, 6.45) is -0.856. The summed E-state index contributed by atoms with van der Waals surface area (Å²) in [5.74, 6) is -1.11. The van der Waals surface area contributed by atoms with Crippen LogP contribution in [0.25, 0.3) is 11.5 Å².